The molecule has 2 aliphatic rings. The molecule has 2 aliphatic heterocycles. The van der Waals surface area contributed by atoms with Gasteiger partial charge in [-0.2, -0.15) is 0 Å². The van der Waals surface area contributed by atoms with Crippen molar-refractivity contribution < 1.29 is 28.9 Å². The maximum Gasteiger partial charge on any atom is 0.344 e. The average Bonchev–Trinajstić information content (AvgIpc) is 3.19. The van der Waals surface area contributed by atoms with Gasteiger partial charge >= 0.3 is 5.97 Å². The Kier molecular flexibility index (Phi) is 8.17. The number of para-hydroxylation sites is 1. The molecule has 0 radical (unpaired) electrons. The Bertz CT molecular complexity index is 1170. The molecule has 4 rings (SSSR count). The van der Waals surface area contributed by atoms with Gasteiger partial charge in [-0.1, -0.05) is 12.1 Å². The first-order chi connectivity index (χ1) is 17.4. The molecule has 0 bridgehead atoms. The van der Waals surface area contributed by atoms with Gasteiger partial charge in [-0.05, 0) is 62.0 Å². The second-order valence-electron chi connectivity index (χ2n) is 8.15. The van der Waals surface area contributed by atoms with Crippen LogP contribution in [0.1, 0.15) is 19.4 Å². The number of amides is 1. The summed E-state index contributed by atoms with van der Waals surface area (Å²) >= 11 is 1.27. The largest absolute Gasteiger partial charge is 0.493 e. The van der Waals surface area contributed by atoms with E-state index in [1.54, 1.807) is 29.2 Å². The minimum Gasteiger partial charge on any atom is -0.493 e. The third-order valence-electron chi connectivity index (χ3n) is 5.81. The van der Waals surface area contributed by atoms with E-state index in [1.165, 1.54) is 25.8 Å². The molecule has 9 nitrogen and oxygen atoms in total. The molecular weight excluding hydrogens is 482 g/mol. The molecule has 2 heterocycles. The van der Waals surface area contributed by atoms with Crippen LogP contribution in [0, 0.1) is 0 Å². The molecule has 2 aromatic carbocycles. The number of aliphatic imine (C=N–C) groups is 1. The fraction of sp³-hybridized carbons (Fsp3) is 0.346. The first kappa shape index (κ1) is 25.6. The molecular formula is C26H29N3O6S. The second-order valence-corrected chi connectivity index (χ2v) is 9.16. The van der Waals surface area contributed by atoms with Gasteiger partial charge in [-0.25, -0.2) is 9.79 Å². The number of carbonyl (C=O) groups is 2. The highest BCUT2D eigenvalue weighted by Gasteiger charge is 2.33. The van der Waals surface area contributed by atoms with E-state index < -0.39 is 12.1 Å². The number of likely N-dealkylation sites (N-methyl/N-ethyl adjacent to an activating group) is 1. The van der Waals surface area contributed by atoms with Crippen LogP contribution < -0.4 is 14.4 Å². The summed E-state index contributed by atoms with van der Waals surface area (Å²) in [5, 5.41) is 9.87. The van der Waals surface area contributed by atoms with Crippen molar-refractivity contribution in [2.75, 3.05) is 44.9 Å². The number of benzene rings is 2. The number of carboxylic acid groups (broad SMARTS) is 1. The maximum absolute atomic E-state index is 13.2. The van der Waals surface area contributed by atoms with Gasteiger partial charge in [-0.15, -0.1) is 0 Å². The number of hydrogen-bond acceptors (Lipinski definition) is 8. The van der Waals surface area contributed by atoms with Gasteiger partial charge in [0.1, 0.15) is 0 Å². The molecule has 10 heteroatoms. The highest BCUT2D eigenvalue weighted by Crippen LogP contribution is 2.38. The summed E-state index contributed by atoms with van der Waals surface area (Å²) in [5.41, 5.74) is 2.42. The monoisotopic (exact) mass is 511 g/mol. The lowest BCUT2D eigenvalue weighted by atomic mass is 10.1. The zero-order chi connectivity index (χ0) is 25.7. The van der Waals surface area contributed by atoms with Crippen molar-refractivity contribution in [1.29, 1.82) is 0 Å². The highest BCUT2D eigenvalue weighted by molar-refractivity contribution is 8.18. The van der Waals surface area contributed by atoms with Crippen LogP contribution in [0.25, 0.3) is 6.08 Å². The Morgan fingerprint density at radius 3 is 2.58 bits per heavy atom. The lowest BCUT2D eigenvalue weighted by molar-refractivity contribution is -0.144. The molecule has 36 heavy (non-hydrogen) atoms. The first-order valence-corrected chi connectivity index (χ1v) is 12.5. The summed E-state index contributed by atoms with van der Waals surface area (Å²) in [5.74, 6) is -0.624. The number of carbonyl (C=O) groups excluding carboxylic acids is 1. The van der Waals surface area contributed by atoms with E-state index in [0.29, 0.717) is 27.9 Å². The van der Waals surface area contributed by atoms with Crippen molar-refractivity contribution in [3.8, 4) is 11.5 Å². The van der Waals surface area contributed by atoms with Gasteiger partial charge in [0.15, 0.2) is 22.8 Å². The average molecular weight is 512 g/mol. The van der Waals surface area contributed by atoms with E-state index in [4.69, 9.17) is 19.2 Å². The van der Waals surface area contributed by atoms with E-state index in [9.17, 15) is 14.7 Å². The number of hydrogen-bond donors (Lipinski definition) is 1. The van der Waals surface area contributed by atoms with Crippen molar-refractivity contribution in [3.63, 3.8) is 0 Å². The topological polar surface area (TPSA) is 101 Å². The molecule has 0 unspecified atom stereocenters. The number of morpholine rings is 1. The Morgan fingerprint density at radius 1 is 1.22 bits per heavy atom. The zero-order valence-electron chi connectivity index (χ0n) is 20.5. The number of carboxylic acids is 1. The summed E-state index contributed by atoms with van der Waals surface area (Å²) < 4.78 is 16.5. The van der Waals surface area contributed by atoms with Crippen molar-refractivity contribution in [2.24, 2.45) is 4.99 Å². The first-order valence-electron chi connectivity index (χ1n) is 11.7. The Balaban J connectivity index is 1.60. The van der Waals surface area contributed by atoms with Crippen LogP contribution in [0.3, 0.4) is 0 Å². The molecule has 1 amide bonds. The Labute approximate surface area is 214 Å². The van der Waals surface area contributed by atoms with Crippen LogP contribution >= 0.6 is 11.8 Å². The van der Waals surface area contributed by atoms with E-state index in [2.05, 4.69) is 4.90 Å². The van der Waals surface area contributed by atoms with E-state index in [1.807, 2.05) is 31.2 Å². The van der Waals surface area contributed by atoms with Crippen LogP contribution in [0.5, 0.6) is 11.5 Å². The van der Waals surface area contributed by atoms with Gasteiger partial charge in [0, 0.05) is 30.9 Å². The number of methoxy groups -OCH3 is 1. The smallest absolute Gasteiger partial charge is 0.344 e. The summed E-state index contributed by atoms with van der Waals surface area (Å²) in [6.07, 6.45) is 0.599. The van der Waals surface area contributed by atoms with Crippen LogP contribution in [-0.4, -0.2) is 73.1 Å². The minimum absolute atomic E-state index is 0.175. The Hall–Kier alpha value is -3.50. The number of amidine groups is 1. The van der Waals surface area contributed by atoms with Crippen LogP contribution in [0.4, 0.5) is 11.4 Å². The van der Waals surface area contributed by atoms with Gasteiger partial charge < -0.3 is 24.2 Å². The lowest BCUT2D eigenvalue weighted by Gasteiger charge is -2.28. The standard InChI is InChI=1S/C26H29N3O6S/c1-4-29-24(30)22(16-18-6-5-7-21(33-3)23(18)35-17(2)25(31)32)36-26(29)27-19-8-10-20(11-9-19)28-12-14-34-15-13-28/h5-11,16-17H,4,12-15H2,1-3H3,(H,31,32)/b22-16-,27-26?/t17-/m1/s1. The number of ether oxygens (including phenoxy) is 3. The summed E-state index contributed by atoms with van der Waals surface area (Å²) in [7, 11) is 1.48. The molecule has 2 aromatic rings. The predicted octanol–water partition coefficient (Wildman–Crippen LogP) is 4.01. The van der Waals surface area contributed by atoms with Gasteiger partial charge in [0.05, 0.1) is 30.9 Å². The normalized spacial score (nSPS) is 19.1. The maximum atomic E-state index is 13.2. The molecule has 190 valence electrons. The summed E-state index contributed by atoms with van der Waals surface area (Å²) in [6.45, 7) is 6.96. The Morgan fingerprint density at radius 2 is 1.94 bits per heavy atom. The molecule has 0 aromatic heterocycles. The summed E-state index contributed by atoms with van der Waals surface area (Å²) in [4.78, 5) is 33.6. The van der Waals surface area contributed by atoms with Crippen molar-refractivity contribution >= 4 is 46.3 Å². The van der Waals surface area contributed by atoms with Crippen molar-refractivity contribution in [3.05, 3.63) is 52.9 Å². The number of nitrogens with zero attached hydrogens (tertiary/aromatic N) is 3. The van der Waals surface area contributed by atoms with Gasteiger partial charge in [0.2, 0.25) is 0 Å². The molecule has 2 saturated heterocycles. The summed E-state index contributed by atoms with van der Waals surface area (Å²) in [6, 6.07) is 13.1. The van der Waals surface area contributed by atoms with Crippen molar-refractivity contribution in [2.45, 2.75) is 20.0 Å². The third-order valence-corrected chi connectivity index (χ3v) is 6.82. The highest BCUT2D eigenvalue weighted by atomic mass is 32.2. The number of rotatable bonds is 8. The van der Waals surface area contributed by atoms with Crippen molar-refractivity contribution in [1.82, 2.24) is 4.90 Å². The molecule has 1 atom stereocenters. The SMILES string of the molecule is CCN1C(=O)/C(=C/c2cccc(OC)c2O[C@H](C)C(=O)O)SC1=Nc1ccc(N2CCOCC2)cc1. The number of aliphatic carboxylic acids is 1. The fourth-order valence-electron chi connectivity index (χ4n) is 3.84. The molecule has 0 saturated carbocycles. The minimum atomic E-state index is -1.10. The number of anilines is 1. The van der Waals surface area contributed by atoms with E-state index >= 15 is 0 Å². The van der Waals surface area contributed by atoms with Crippen LogP contribution in [-0.2, 0) is 14.3 Å². The van der Waals surface area contributed by atoms with E-state index in [0.717, 1.165) is 37.7 Å². The van der Waals surface area contributed by atoms with Crippen LogP contribution in [0.2, 0.25) is 0 Å². The quantitative estimate of drug-likeness (QED) is 0.531. The molecule has 0 spiro atoms. The van der Waals surface area contributed by atoms with Gasteiger partial charge in [-0.3, -0.25) is 9.69 Å². The van der Waals surface area contributed by atoms with Crippen LogP contribution in [0.15, 0.2) is 52.4 Å². The molecule has 2 fully saturated rings. The predicted molar refractivity (Wildman–Crippen MR) is 140 cm³/mol. The lowest BCUT2D eigenvalue weighted by Crippen LogP contribution is -2.36. The number of thioether (sulfide) groups is 1. The van der Waals surface area contributed by atoms with E-state index in [-0.39, 0.29) is 11.7 Å². The van der Waals surface area contributed by atoms with Gasteiger partial charge in [0.25, 0.3) is 5.91 Å². The third kappa shape index (κ3) is 5.66. The molecule has 1 N–H and O–H groups in total. The fourth-order valence-corrected chi connectivity index (χ4v) is 4.90. The molecule has 0 aliphatic carbocycles. The zero-order valence-corrected chi connectivity index (χ0v) is 21.3. The second kappa shape index (κ2) is 11.5.